The van der Waals surface area contributed by atoms with Gasteiger partial charge in [0.05, 0.1) is 5.69 Å². The van der Waals surface area contributed by atoms with Crippen molar-refractivity contribution in [2.45, 2.75) is 33.1 Å². The van der Waals surface area contributed by atoms with Gasteiger partial charge in [0.2, 0.25) is 5.91 Å². The molecule has 1 N–H and O–H groups in total. The Kier molecular flexibility index (Phi) is 5.15. The van der Waals surface area contributed by atoms with Gasteiger partial charge in [0.25, 0.3) is 0 Å². The number of halogens is 1. The number of carbonyl (C=O) groups excluding carboxylic acids is 1. The molecule has 0 aliphatic heterocycles. The van der Waals surface area contributed by atoms with Crippen molar-refractivity contribution in [2.75, 3.05) is 5.32 Å². The number of thiazole rings is 1. The smallest absolute Gasteiger partial charge is 0.226 e. The van der Waals surface area contributed by atoms with Gasteiger partial charge < -0.3 is 5.32 Å². The summed E-state index contributed by atoms with van der Waals surface area (Å²) in [5.74, 6) is 0.0262. The van der Waals surface area contributed by atoms with Gasteiger partial charge in [-0.2, -0.15) is 0 Å². The normalized spacial score (nSPS) is 10.6. The minimum absolute atomic E-state index is 0.0262. The fourth-order valence-corrected chi connectivity index (χ4v) is 2.91. The van der Waals surface area contributed by atoms with Gasteiger partial charge in [-0.3, -0.25) is 4.79 Å². The van der Waals surface area contributed by atoms with E-state index in [9.17, 15) is 4.79 Å². The van der Waals surface area contributed by atoms with Crippen LogP contribution >= 0.6 is 22.9 Å². The molecule has 0 radical (unpaired) electrons. The molecular weight excluding hydrogens is 292 g/mol. The summed E-state index contributed by atoms with van der Waals surface area (Å²) in [7, 11) is 0. The highest BCUT2D eigenvalue weighted by molar-refractivity contribution is 7.16. The van der Waals surface area contributed by atoms with Crippen LogP contribution in [-0.2, 0) is 4.79 Å². The van der Waals surface area contributed by atoms with E-state index in [0.717, 1.165) is 29.0 Å². The van der Waals surface area contributed by atoms with Crippen molar-refractivity contribution in [3.8, 4) is 11.3 Å². The summed E-state index contributed by atoms with van der Waals surface area (Å²) in [6.45, 7) is 4.06. The van der Waals surface area contributed by atoms with E-state index in [1.54, 1.807) is 0 Å². The van der Waals surface area contributed by atoms with Gasteiger partial charge in [0.15, 0.2) is 5.13 Å². The van der Waals surface area contributed by atoms with E-state index in [0.29, 0.717) is 16.6 Å². The van der Waals surface area contributed by atoms with Crippen LogP contribution in [0.1, 0.15) is 31.1 Å². The van der Waals surface area contributed by atoms with Crippen LogP contribution < -0.4 is 5.32 Å². The molecule has 0 bridgehead atoms. The lowest BCUT2D eigenvalue weighted by molar-refractivity contribution is -0.116. The van der Waals surface area contributed by atoms with Crippen LogP contribution in [0.3, 0.4) is 0 Å². The van der Waals surface area contributed by atoms with Crippen molar-refractivity contribution in [3.63, 3.8) is 0 Å². The Hall–Kier alpha value is -1.39. The summed E-state index contributed by atoms with van der Waals surface area (Å²) in [6.07, 6.45) is 2.46. The van der Waals surface area contributed by atoms with Gasteiger partial charge in [-0.05, 0) is 25.5 Å². The number of hydrogen-bond acceptors (Lipinski definition) is 3. The number of nitrogens with one attached hydrogen (secondary N) is 1. The molecule has 5 heteroatoms. The van der Waals surface area contributed by atoms with Gasteiger partial charge >= 0.3 is 0 Å². The zero-order chi connectivity index (χ0) is 14.5. The van der Waals surface area contributed by atoms with Crippen molar-refractivity contribution in [1.82, 2.24) is 4.98 Å². The highest BCUT2D eigenvalue weighted by atomic mass is 35.5. The first-order valence-corrected chi connectivity index (χ1v) is 7.83. The van der Waals surface area contributed by atoms with Crippen LogP contribution in [-0.4, -0.2) is 10.9 Å². The first-order valence-electron chi connectivity index (χ1n) is 6.63. The van der Waals surface area contributed by atoms with Crippen LogP contribution in [0.5, 0.6) is 0 Å². The van der Waals surface area contributed by atoms with E-state index in [1.807, 2.05) is 31.2 Å². The summed E-state index contributed by atoms with van der Waals surface area (Å²) in [5.41, 5.74) is 1.85. The maximum atomic E-state index is 11.7. The minimum atomic E-state index is 0.0262. The predicted molar refractivity (Wildman–Crippen MR) is 85.5 cm³/mol. The number of aromatic nitrogens is 1. The van der Waals surface area contributed by atoms with Crippen molar-refractivity contribution in [2.24, 2.45) is 0 Å². The maximum absolute atomic E-state index is 11.7. The van der Waals surface area contributed by atoms with Crippen LogP contribution in [0, 0.1) is 6.92 Å². The summed E-state index contributed by atoms with van der Waals surface area (Å²) in [6, 6.07) is 7.58. The van der Waals surface area contributed by atoms with E-state index >= 15 is 0 Å². The molecule has 20 heavy (non-hydrogen) atoms. The third-order valence-electron chi connectivity index (χ3n) is 2.90. The molecule has 2 aromatic rings. The largest absolute Gasteiger partial charge is 0.302 e. The molecule has 0 aliphatic rings. The molecule has 106 valence electrons. The van der Waals surface area contributed by atoms with Gasteiger partial charge in [-0.25, -0.2) is 4.98 Å². The third-order valence-corrected chi connectivity index (χ3v) is 4.02. The van der Waals surface area contributed by atoms with E-state index < -0.39 is 0 Å². The summed E-state index contributed by atoms with van der Waals surface area (Å²) in [5, 5.41) is 4.19. The molecule has 1 amide bonds. The molecule has 0 aliphatic carbocycles. The lowest BCUT2D eigenvalue weighted by Crippen LogP contribution is -2.10. The molecule has 1 heterocycles. The number of benzene rings is 1. The second kappa shape index (κ2) is 6.86. The molecule has 1 aromatic carbocycles. The SMILES string of the molecule is CCCCC(=O)Nc1nc(-c2cccc(Cl)c2)c(C)s1. The second-order valence-corrected chi connectivity index (χ2v) is 6.23. The fraction of sp³-hybridized carbons (Fsp3) is 0.333. The maximum Gasteiger partial charge on any atom is 0.226 e. The number of hydrogen-bond donors (Lipinski definition) is 1. The van der Waals surface area contributed by atoms with E-state index in [4.69, 9.17) is 11.6 Å². The second-order valence-electron chi connectivity index (χ2n) is 4.59. The Balaban J connectivity index is 2.15. The number of rotatable bonds is 5. The molecule has 0 atom stereocenters. The van der Waals surface area contributed by atoms with E-state index in [2.05, 4.69) is 17.2 Å². The standard InChI is InChI=1S/C15H17ClN2OS/c1-3-4-8-13(19)17-15-18-14(10(2)20-15)11-6-5-7-12(16)9-11/h5-7,9H,3-4,8H2,1-2H3,(H,17,18,19). The van der Waals surface area contributed by atoms with Gasteiger partial charge in [-0.1, -0.05) is 37.1 Å². The van der Waals surface area contributed by atoms with Crippen molar-refractivity contribution >= 4 is 34.0 Å². The molecule has 0 fully saturated rings. The molecule has 0 saturated carbocycles. The monoisotopic (exact) mass is 308 g/mol. The Morgan fingerprint density at radius 2 is 2.25 bits per heavy atom. The number of anilines is 1. The lowest BCUT2D eigenvalue weighted by atomic mass is 10.1. The predicted octanol–water partition coefficient (Wildman–Crippen LogP) is 4.90. The zero-order valence-corrected chi connectivity index (χ0v) is 13.1. The number of nitrogens with zero attached hydrogens (tertiary/aromatic N) is 1. The molecule has 1 aromatic heterocycles. The number of amides is 1. The van der Waals surface area contributed by atoms with Gasteiger partial charge in [0.1, 0.15) is 0 Å². The molecular formula is C15H17ClN2OS. The van der Waals surface area contributed by atoms with Crippen LogP contribution in [0.25, 0.3) is 11.3 Å². The number of unbranched alkanes of at least 4 members (excludes halogenated alkanes) is 1. The number of aryl methyl sites for hydroxylation is 1. The fourth-order valence-electron chi connectivity index (χ4n) is 1.87. The number of carbonyl (C=O) groups is 1. The quantitative estimate of drug-likeness (QED) is 0.853. The van der Waals surface area contributed by atoms with Crippen LogP contribution in [0.2, 0.25) is 5.02 Å². The van der Waals surface area contributed by atoms with Crippen molar-refractivity contribution < 1.29 is 4.79 Å². The zero-order valence-electron chi connectivity index (χ0n) is 11.6. The summed E-state index contributed by atoms with van der Waals surface area (Å²) >= 11 is 7.49. The first-order chi connectivity index (χ1) is 9.60. The van der Waals surface area contributed by atoms with Gasteiger partial charge in [-0.15, -0.1) is 11.3 Å². The van der Waals surface area contributed by atoms with Crippen molar-refractivity contribution in [1.29, 1.82) is 0 Å². The average Bonchev–Trinajstić information content (AvgIpc) is 2.77. The highest BCUT2D eigenvalue weighted by Crippen LogP contribution is 2.31. The Bertz CT molecular complexity index is 610. The third kappa shape index (κ3) is 3.81. The Labute approximate surface area is 128 Å². The highest BCUT2D eigenvalue weighted by Gasteiger charge is 2.12. The topological polar surface area (TPSA) is 42.0 Å². The molecule has 0 spiro atoms. The molecule has 0 unspecified atom stereocenters. The van der Waals surface area contributed by atoms with Gasteiger partial charge in [0, 0.05) is 21.9 Å². The Morgan fingerprint density at radius 1 is 1.45 bits per heavy atom. The first kappa shape index (κ1) is 15.0. The van der Waals surface area contributed by atoms with Crippen molar-refractivity contribution in [3.05, 3.63) is 34.2 Å². The average molecular weight is 309 g/mol. The summed E-state index contributed by atoms with van der Waals surface area (Å²) in [4.78, 5) is 17.3. The molecule has 3 nitrogen and oxygen atoms in total. The molecule has 2 rings (SSSR count). The minimum Gasteiger partial charge on any atom is -0.302 e. The van der Waals surface area contributed by atoms with Crippen LogP contribution in [0.15, 0.2) is 24.3 Å². The van der Waals surface area contributed by atoms with E-state index in [-0.39, 0.29) is 5.91 Å². The van der Waals surface area contributed by atoms with E-state index in [1.165, 1.54) is 11.3 Å². The van der Waals surface area contributed by atoms with Crippen LogP contribution in [0.4, 0.5) is 5.13 Å². The molecule has 0 saturated heterocycles. The Morgan fingerprint density at radius 3 is 2.95 bits per heavy atom. The summed E-state index contributed by atoms with van der Waals surface area (Å²) < 4.78 is 0. The lowest BCUT2D eigenvalue weighted by Gasteiger charge is -2.00.